The van der Waals surface area contributed by atoms with Crippen molar-refractivity contribution < 1.29 is 4.79 Å². The topological polar surface area (TPSA) is 53.8 Å². The zero-order valence-corrected chi connectivity index (χ0v) is 14.7. The number of aryl methyl sites for hydroxylation is 1. The molecule has 1 atom stereocenters. The molecule has 4 nitrogen and oxygen atoms in total. The van der Waals surface area contributed by atoms with Crippen LogP contribution >= 0.6 is 11.8 Å². The maximum absolute atomic E-state index is 12.1. The van der Waals surface area contributed by atoms with E-state index in [-0.39, 0.29) is 11.2 Å². The lowest BCUT2D eigenvalue weighted by Crippen LogP contribution is -2.25. The number of hydrogen-bond donors (Lipinski definition) is 1. The highest BCUT2D eigenvalue weighted by Crippen LogP contribution is 2.23. The largest absolute Gasteiger partial charge is 0.303 e. The molecule has 5 heteroatoms. The van der Waals surface area contributed by atoms with E-state index >= 15 is 0 Å². The van der Waals surface area contributed by atoms with E-state index in [4.69, 9.17) is 0 Å². The second kappa shape index (κ2) is 8.44. The fourth-order valence-corrected chi connectivity index (χ4v) is 3.33. The molecular formula is C20H19N3OS. The van der Waals surface area contributed by atoms with E-state index in [1.165, 1.54) is 17.3 Å². The van der Waals surface area contributed by atoms with Crippen molar-refractivity contribution in [1.29, 1.82) is 0 Å². The number of nitrogens with zero attached hydrogens (tertiary/aromatic N) is 2. The lowest BCUT2D eigenvalue weighted by molar-refractivity contribution is -0.118. The Bertz CT molecular complexity index is 811. The molecule has 1 amide bonds. The molecule has 0 aromatic heterocycles. The van der Waals surface area contributed by atoms with Crippen LogP contribution in [0.4, 0.5) is 0 Å². The molecule has 1 unspecified atom stereocenters. The molecule has 1 aliphatic heterocycles. The summed E-state index contributed by atoms with van der Waals surface area (Å²) in [6.45, 7) is 2.05. The number of carbonyl (C=O) groups excluding carboxylic acids is 1. The molecule has 0 bridgehead atoms. The molecule has 1 saturated heterocycles. The maximum Gasteiger partial charge on any atom is 0.239 e. The quantitative estimate of drug-likeness (QED) is 0.659. The van der Waals surface area contributed by atoms with Crippen LogP contribution in [0.5, 0.6) is 0 Å². The molecule has 1 fully saturated rings. The predicted octanol–water partition coefficient (Wildman–Crippen LogP) is 3.82. The van der Waals surface area contributed by atoms with Crippen molar-refractivity contribution in [1.82, 2.24) is 5.32 Å². The minimum absolute atomic E-state index is 0.0145. The number of nitrogens with one attached hydrogen (secondary N) is 1. The van der Waals surface area contributed by atoms with Crippen LogP contribution in [-0.4, -0.2) is 22.5 Å². The SMILES string of the molecule is Cc1ccc(CC2S\C(=N/N=C/C=C/c3ccccc3)NC2=O)cc1. The van der Waals surface area contributed by atoms with E-state index in [0.29, 0.717) is 11.6 Å². The summed E-state index contributed by atoms with van der Waals surface area (Å²) in [7, 11) is 0. The van der Waals surface area contributed by atoms with Crippen molar-refractivity contribution in [3.63, 3.8) is 0 Å². The van der Waals surface area contributed by atoms with Gasteiger partial charge in [0.1, 0.15) is 0 Å². The second-order valence-electron chi connectivity index (χ2n) is 5.72. The van der Waals surface area contributed by atoms with Crippen molar-refractivity contribution in [2.24, 2.45) is 10.2 Å². The smallest absolute Gasteiger partial charge is 0.239 e. The molecule has 1 heterocycles. The zero-order chi connectivity index (χ0) is 17.5. The third kappa shape index (κ3) is 5.16. The number of amidine groups is 1. The zero-order valence-electron chi connectivity index (χ0n) is 13.9. The van der Waals surface area contributed by atoms with Gasteiger partial charge in [-0.05, 0) is 30.5 Å². The number of allylic oxidation sites excluding steroid dienone is 1. The van der Waals surface area contributed by atoms with E-state index < -0.39 is 0 Å². The van der Waals surface area contributed by atoms with Gasteiger partial charge in [0.25, 0.3) is 0 Å². The fourth-order valence-electron chi connectivity index (χ4n) is 2.37. The van der Waals surface area contributed by atoms with Gasteiger partial charge in [0, 0.05) is 6.21 Å². The van der Waals surface area contributed by atoms with E-state index in [1.54, 1.807) is 6.21 Å². The van der Waals surface area contributed by atoms with Crippen LogP contribution in [0.15, 0.2) is 70.9 Å². The van der Waals surface area contributed by atoms with Crippen molar-refractivity contribution in [2.45, 2.75) is 18.6 Å². The van der Waals surface area contributed by atoms with Crippen LogP contribution in [-0.2, 0) is 11.2 Å². The number of rotatable bonds is 5. The highest BCUT2D eigenvalue weighted by atomic mass is 32.2. The Hall–Kier alpha value is -2.66. The average molecular weight is 349 g/mol. The molecule has 1 N–H and O–H groups in total. The molecule has 2 aromatic carbocycles. The van der Waals surface area contributed by atoms with Crippen molar-refractivity contribution in [2.75, 3.05) is 0 Å². The van der Waals surface area contributed by atoms with Crippen LogP contribution in [0.25, 0.3) is 6.08 Å². The van der Waals surface area contributed by atoms with Gasteiger partial charge in [-0.25, -0.2) is 0 Å². The van der Waals surface area contributed by atoms with Crippen molar-refractivity contribution in [3.8, 4) is 0 Å². The van der Waals surface area contributed by atoms with Crippen molar-refractivity contribution in [3.05, 3.63) is 77.4 Å². The molecule has 2 aromatic rings. The normalized spacial score (nSPS) is 19.2. The lowest BCUT2D eigenvalue weighted by Gasteiger charge is -2.05. The summed E-state index contributed by atoms with van der Waals surface area (Å²) in [5.74, 6) is -0.0145. The van der Waals surface area contributed by atoms with E-state index in [0.717, 1.165) is 11.1 Å². The maximum atomic E-state index is 12.1. The Morgan fingerprint density at radius 1 is 1.12 bits per heavy atom. The lowest BCUT2D eigenvalue weighted by atomic mass is 10.1. The molecule has 0 saturated carbocycles. The summed E-state index contributed by atoms with van der Waals surface area (Å²) in [6, 6.07) is 18.2. The van der Waals surface area contributed by atoms with E-state index in [1.807, 2.05) is 42.5 Å². The number of amides is 1. The number of thioether (sulfide) groups is 1. The van der Waals surface area contributed by atoms with Gasteiger partial charge in [0.15, 0.2) is 5.17 Å². The van der Waals surface area contributed by atoms with Gasteiger partial charge < -0.3 is 5.32 Å². The third-order valence-corrected chi connectivity index (χ3v) is 4.78. The molecule has 3 rings (SSSR count). The Labute approximate surface area is 151 Å². The van der Waals surface area contributed by atoms with E-state index in [9.17, 15) is 4.79 Å². The first-order chi connectivity index (χ1) is 12.2. The van der Waals surface area contributed by atoms with Crippen LogP contribution in [0, 0.1) is 6.92 Å². The van der Waals surface area contributed by atoms with Gasteiger partial charge in [-0.2, -0.15) is 5.10 Å². The molecule has 0 spiro atoms. The number of carbonyl (C=O) groups is 1. The monoisotopic (exact) mass is 349 g/mol. The Balaban J connectivity index is 1.54. The van der Waals surface area contributed by atoms with Crippen LogP contribution in [0.2, 0.25) is 0 Å². The summed E-state index contributed by atoms with van der Waals surface area (Å²) in [6.07, 6.45) is 6.07. The molecule has 1 aliphatic rings. The minimum Gasteiger partial charge on any atom is -0.303 e. The van der Waals surface area contributed by atoms with E-state index in [2.05, 4.69) is 46.7 Å². The highest BCUT2D eigenvalue weighted by Gasteiger charge is 2.30. The highest BCUT2D eigenvalue weighted by molar-refractivity contribution is 8.15. The second-order valence-corrected chi connectivity index (χ2v) is 6.92. The minimum atomic E-state index is -0.156. The molecular weight excluding hydrogens is 330 g/mol. The van der Waals surface area contributed by atoms with Gasteiger partial charge >= 0.3 is 0 Å². The summed E-state index contributed by atoms with van der Waals surface area (Å²) < 4.78 is 0. The average Bonchev–Trinajstić information content (AvgIpc) is 2.97. The Morgan fingerprint density at radius 3 is 2.64 bits per heavy atom. The molecule has 25 heavy (non-hydrogen) atoms. The molecule has 0 aliphatic carbocycles. The number of benzene rings is 2. The first-order valence-corrected chi connectivity index (χ1v) is 8.94. The Kier molecular flexibility index (Phi) is 5.80. The van der Waals surface area contributed by atoms with Crippen LogP contribution in [0.3, 0.4) is 0 Å². The van der Waals surface area contributed by atoms with Gasteiger partial charge in [-0.1, -0.05) is 78.0 Å². The Morgan fingerprint density at radius 2 is 1.88 bits per heavy atom. The summed E-state index contributed by atoms with van der Waals surface area (Å²) >= 11 is 1.42. The van der Waals surface area contributed by atoms with Gasteiger partial charge in [-0.3, -0.25) is 4.79 Å². The van der Waals surface area contributed by atoms with Gasteiger partial charge in [0.2, 0.25) is 5.91 Å². The standard InChI is InChI=1S/C20H19N3OS/c1-15-9-11-17(12-10-15)14-18-19(24)22-20(25-18)23-21-13-5-8-16-6-3-2-4-7-16/h2-13,18H,14H2,1H3,(H,22,23,24)/b8-5+,21-13+. The number of hydrogen-bond acceptors (Lipinski definition) is 4. The fraction of sp³-hybridized carbons (Fsp3) is 0.150. The van der Waals surface area contributed by atoms with Crippen LogP contribution in [0.1, 0.15) is 16.7 Å². The van der Waals surface area contributed by atoms with Crippen LogP contribution < -0.4 is 5.32 Å². The molecule has 126 valence electrons. The summed E-state index contributed by atoms with van der Waals surface area (Å²) in [5, 5.41) is 11.2. The van der Waals surface area contributed by atoms with Crippen molar-refractivity contribution >= 4 is 35.1 Å². The third-order valence-electron chi connectivity index (χ3n) is 3.71. The molecule has 0 radical (unpaired) electrons. The summed E-state index contributed by atoms with van der Waals surface area (Å²) in [4.78, 5) is 12.1. The summed E-state index contributed by atoms with van der Waals surface area (Å²) in [5.41, 5.74) is 3.46. The first-order valence-electron chi connectivity index (χ1n) is 8.06. The van der Waals surface area contributed by atoms with Gasteiger partial charge in [0.05, 0.1) is 5.25 Å². The first kappa shape index (κ1) is 17.2. The predicted molar refractivity (Wildman–Crippen MR) is 106 cm³/mol. The van der Waals surface area contributed by atoms with Gasteiger partial charge in [-0.15, -0.1) is 5.10 Å².